The van der Waals surface area contributed by atoms with Gasteiger partial charge in [0.15, 0.2) is 10.9 Å². The second kappa shape index (κ2) is 7.69. The molecule has 1 fully saturated rings. The lowest BCUT2D eigenvalue weighted by Gasteiger charge is -2.28. The number of nitrogens with zero attached hydrogens (tertiary/aromatic N) is 1. The van der Waals surface area contributed by atoms with Crippen molar-refractivity contribution in [1.82, 2.24) is 5.32 Å². The van der Waals surface area contributed by atoms with Crippen LogP contribution >= 0.6 is 23.8 Å². The van der Waals surface area contributed by atoms with Crippen molar-refractivity contribution in [3.8, 4) is 5.75 Å². The Bertz CT molecular complexity index is 968. The number of ketones is 1. The van der Waals surface area contributed by atoms with Gasteiger partial charge >= 0.3 is 0 Å². The summed E-state index contributed by atoms with van der Waals surface area (Å²) in [6.07, 6.45) is 1.00. The molecular weight excluding hydrogens is 388 g/mol. The average Bonchev–Trinajstić information content (AvgIpc) is 2.66. The van der Waals surface area contributed by atoms with Crippen LogP contribution in [-0.4, -0.2) is 29.8 Å². The summed E-state index contributed by atoms with van der Waals surface area (Å²) in [6, 6.07) is 12.7. The first-order valence-electron chi connectivity index (χ1n) is 7.76. The number of carbonyl (C=O) groups is 3. The maximum Gasteiger partial charge on any atom is 0.270 e. The summed E-state index contributed by atoms with van der Waals surface area (Å²) in [5.74, 6) is -1.31. The van der Waals surface area contributed by atoms with Crippen LogP contribution in [0.25, 0.3) is 0 Å². The quantitative estimate of drug-likeness (QED) is 0.369. The molecule has 0 aromatic heterocycles. The Hall–Kier alpha value is -3.03. The second-order valence-electron chi connectivity index (χ2n) is 5.53. The Labute approximate surface area is 165 Å². The summed E-state index contributed by atoms with van der Waals surface area (Å²) in [6.45, 7) is 0. The van der Waals surface area contributed by atoms with E-state index in [1.54, 1.807) is 48.5 Å². The molecule has 0 aliphatic carbocycles. The van der Waals surface area contributed by atoms with Crippen LogP contribution in [0.4, 0.5) is 5.69 Å². The molecule has 0 atom stereocenters. The third-order valence-electron chi connectivity index (χ3n) is 3.84. The van der Waals surface area contributed by atoms with Gasteiger partial charge in [-0.05, 0) is 60.7 Å². The zero-order valence-electron chi connectivity index (χ0n) is 14.1. The lowest BCUT2D eigenvalue weighted by Crippen LogP contribution is -2.54. The smallest absolute Gasteiger partial charge is 0.270 e. The third-order valence-corrected chi connectivity index (χ3v) is 4.37. The van der Waals surface area contributed by atoms with Crippen LogP contribution in [0, 0.1) is 0 Å². The average molecular weight is 401 g/mol. The van der Waals surface area contributed by atoms with Gasteiger partial charge in [0.1, 0.15) is 11.3 Å². The van der Waals surface area contributed by atoms with Crippen molar-refractivity contribution in [3.05, 3.63) is 70.8 Å². The number of rotatable bonds is 4. The van der Waals surface area contributed by atoms with E-state index in [9.17, 15) is 14.4 Å². The molecule has 2 aromatic rings. The molecule has 0 bridgehead atoms. The molecule has 2 aromatic carbocycles. The first-order valence-corrected chi connectivity index (χ1v) is 8.54. The maximum atomic E-state index is 12.8. The van der Waals surface area contributed by atoms with Crippen molar-refractivity contribution in [2.24, 2.45) is 0 Å². The summed E-state index contributed by atoms with van der Waals surface area (Å²) < 4.78 is 5.04. The molecule has 3 rings (SSSR count). The highest BCUT2D eigenvalue weighted by molar-refractivity contribution is 7.80. The topological polar surface area (TPSA) is 75.7 Å². The fraction of sp³-hybridized carbons (Fsp3) is 0.0526. The molecule has 2 amide bonds. The van der Waals surface area contributed by atoms with Gasteiger partial charge < -0.3 is 4.74 Å². The highest BCUT2D eigenvalue weighted by Gasteiger charge is 2.35. The molecule has 1 aliphatic rings. The van der Waals surface area contributed by atoms with Crippen LogP contribution in [0.15, 0.2) is 60.2 Å². The van der Waals surface area contributed by atoms with Gasteiger partial charge in [-0.15, -0.1) is 0 Å². The predicted octanol–water partition coefficient (Wildman–Crippen LogP) is 2.91. The van der Waals surface area contributed by atoms with Crippen LogP contribution in [-0.2, 0) is 9.59 Å². The first-order chi connectivity index (χ1) is 12.9. The molecule has 0 radical (unpaired) electrons. The van der Waals surface area contributed by atoms with Crippen LogP contribution in [0.1, 0.15) is 10.4 Å². The Morgan fingerprint density at radius 2 is 1.74 bits per heavy atom. The van der Waals surface area contributed by atoms with Crippen molar-refractivity contribution < 1.29 is 19.1 Å². The largest absolute Gasteiger partial charge is 0.497 e. The van der Waals surface area contributed by atoms with E-state index >= 15 is 0 Å². The van der Waals surface area contributed by atoms with Crippen LogP contribution in [0.2, 0.25) is 5.02 Å². The normalized spacial score (nSPS) is 15.7. The number of methoxy groups -OCH3 is 1. The van der Waals surface area contributed by atoms with Gasteiger partial charge in [-0.1, -0.05) is 11.6 Å². The van der Waals surface area contributed by atoms with Crippen LogP contribution in [0.3, 0.4) is 0 Å². The lowest BCUT2D eigenvalue weighted by molar-refractivity contribution is -0.122. The Morgan fingerprint density at radius 3 is 2.33 bits per heavy atom. The van der Waals surface area contributed by atoms with E-state index in [2.05, 4.69) is 5.32 Å². The number of carbonyl (C=O) groups excluding carboxylic acids is 3. The van der Waals surface area contributed by atoms with Crippen molar-refractivity contribution in [1.29, 1.82) is 0 Å². The van der Waals surface area contributed by atoms with Crippen molar-refractivity contribution in [3.63, 3.8) is 0 Å². The maximum absolute atomic E-state index is 12.8. The lowest BCUT2D eigenvalue weighted by atomic mass is 10.0. The summed E-state index contributed by atoms with van der Waals surface area (Å²) >= 11 is 11.0. The van der Waals surface area contributed by atoms with Gasteiger partial charge in [-0.3, -0.25) is 24.6 Å². The molecular formula is C19H13ClN2O4S. The Balaban J connectivity index is 1.93. The fourth-order valence-corrected chi connectivity index (χ4v) is 2.86. The number of halogens is 1. The van der Waals surface area contributed by atoms with Gasteiger partial charge in [0, 0.05) is 16.7 Å². The zero-order chi connectivity index (χ0) is 19.6. The van der Waals surface area contributed by atoms with Crippen LogP contribution < -0.4 is 15.0 Å². The first kappa shape index (κ1) is 18.8. The SMILES string of the molecule is COc1ccc(C(=O)/C=C2/C(=O)NC(=S)N(c3ccc(Cl)cc3)C2=O)cc1. The summed E-state index contributed by atoms with van der Waals surface area (Å²) in [7, 11) is 1.51. The monoisotopic (exact) mass is 400 g/mol. The van der Waals surface area contributed by atoms with Gasteiger partial charge in [0.2, 0.25) is 0 Å². The summed E-state index contributed by atoms with van der Waals surface area (Å²) in [5.41, 5.74) is 0.437. The highest BCUT2D eigenvalue weighted by Crippen LogP contribution is 2.23. The second-order valence-corrected chi connectivity index (χ2v) is 6.35. The third kappa shape index (κ3) is 3.89. The molecule has 1 saturated heterocycles. The molecule has 6 nitrogen and oxygen atoms in total. The number of hydrogen-bond acceptors (Lipinski definition) is 5. The molecule has 27 heavy (non-hydrogen) atoms. The van der Waals surface area contributed by atoms with E-state index in [4.69, 9.17) is 28.6 Å². The molecule has 1 N–H and O–H groups in total. The van der Waals surface area contributed by atoms with E-state index in [1.807, 2.05) is 0 Å². The number of allylic oxidation sites excluding steroid dienone is 1. The molecule has 1 heterocycles. The van der Waals surface area contributed by atoms with E-state index in [0.29, 0.717) is 22.0 Å². The van der Waals surface area contributed by atoms with Crippen molar-refractivity contribution in [2.45, 2.75) is 0 Å². The number of ether oxygens (including phenoxy) is 1. The van der Waals surface area contributed by atoms with E-state index in [1.165, 1.54) is 7.11 Å². The minimum Gasteiger partial charge on any atom is -0.497 e. The van der Waals surface area contributed by atoms with Gasteiger partial charge in [0.05, 0.1) is 12.8 Å². The number of benzene rings is 2. The molecule has 0 spiro atoms. The predicted molar refractivity (Wildman–Crippen MR) is 105 cm³/mol. The van der Waals surface area contributed by atoms with E-state index in [-0.39, 0.29) is 10.7 Å². The van der Waals surface area contributed by atoms with Crippen molar-refractivity contribution in [2.75, 3.05) is 12.0 Å². The fourth-order valence-electron chi connectivity index (χ4n) is 2.45. The Morgan fingerprint density at radius 1 is 1.11 bits per heavy atom. The van der Waals surface area contributed by atoms with Gasteiger partial charge in [0.25, 0.3) is 11.8 Å². The van der Waals surface area contributed by atoms with Gasteiger partial charge in [-0.25, -0.2) is 0 Å². The molecule has 8 heteroatoms. The molecule has 0 saturated carbocycles. The number of amides is 2. The minimum absolute atomic E-state index is 0.0682. The van der Waals surface area contributed by atoms with Gasteiger partial charge in [-0.2, -0.15) is 0 Å². The van der Waals surface area contributed by atoms with Crippen LogP contribution in [0.5, 0.6) is 5.75 Å². The number of anilines is 1. The Kier molecular flexibility index (Phi) is 5.34. The molecule has 136 valence electrons. The zero-order valence-corrected chi connectivity index (χ0v) is 15.6. The summed E-state index contributed by atoms with van der Waals surface area (Å²) in [5, 5.41) is 2.84. The van der Waals surface area contributed by atoms with Crippen molar-refractivity contribution >= 4 is 52.2 Å². The molecule has 0 unspecified atom stereocenters. The highest BCUT2D eigenvalue weighted by atomic mass is 35.5. The standard InChI is InChI=1S/C19H13ClN2O4S/c1-26-14-8-2-11(3-9-14)16(23)10-15-17(24)21-19(27)22(18(15)25)13-6-4-12(20)5-7-13/h2-10H,1H3,(H,21,24,27)/b15-10-. The number of thiocarbonyl (C=S) groups is 1. The van der Waals surface area contributed by atoms with E-state index < -0.39 is 17.6 Å². The summed E-state index contributed by atoms with van der Waals surface area (Å²) in [4.78, 5) is 38.6. The van der Waals surface area contributed by atoms with E-state index in [0.717, 1.165) is 11.0 Å². The molecule has 1 aliphatic heterocycles. The number of nitrogens with one attached hydrogen (secondary N) is 1. The number of hydrogen-bond donors (Lipinski definition) is 1. The minimum atomic E-state index is -0.725.